The van der Waals surface area contributed by atoms with Crippen LogP contribution in [0.2, 0.25) is 0 Å². The molecule has 1 aliphatic heterocycles. The van der Waals surface area contributed by atoms with E-state index in [1.165, 1.54) is 32.1 Å². The molecule has 25 heavy (non-hydrogen) atoms. The predicted octanol–water partition coefficient (Wildman–Crippen LogP) is 4.04. The van der Waals surface area contributed by atoms with E-state index in [9.17, 15) is 9.59 Å². The molecule has 0 aromatic heterocycles. The van der Waals surface area contributed by atoms with Gasteiger partial charge >= 0.3 is 0 Å². The summed E-state index contributed by atoms with van der Waals surface area (Å²) in [7, 11) is 0. The molecule has 4 aliphatic rings. The van der Waals surface area contributed by atoms with Gasteiger partial charge in [-0.25, -0.2) is 0 Å². The SMILES string of the molecule is O=C1C2CCCC(Cl)C2C(=O)N1C1CCC(OC2CCCCC2)CC1. The summed E-state index contributed by atoms with van der Waals surface area (Å²) in [6, 6.07) is 0.0701. The van der Waals surface area contributed by atoms with Gasteiger partial charge in [0.25, 0.3) is 0 Å². The number of likely N-dealkylation sites (tertiary alicyclic amines) is 1. The fourth-order valence-corrected chi connectivity index (χ4v) is 5.91. The highest BCUT2D eigenvalue weighted by atomic mass is 35.5. The predicted molar refractivity (Wildman–Crippen MR) is 96.3 cm³/mol. The largest absolute Gasteiger partial charge is 0.375 e. The van der Waals surface area contributed by atoms with Gasteiger partial charge in [-0.3, -0.25) is 14.5 Å². The molecule has 0 N–H and O–H groups in total. The molecule has 140 valence electrons. The number of nitrogens with zero attached hydrogens (tertiary/aromatic N) is 1. The molecule has 5 heteroatoms. The topological polar surface area (TPSA) is 46.6 Å². The molecule has 4 nitrogen and oxygen atoms in total. The molecule has 0 aromatic carbocycles. The first kappa shape index (κ1) is 17.8. The molecule has 3 aliphatic carbocycles. The lowest BCUT2D eigenvalue weighted by atomic mass is 9.81. The molecular formula is C20H30ClNO3. The van der Waals surface area contributed by atoms with Crippen LogP contribution in [0, 0.1) is 11.8 Å². The van der Waals surface area contributed by atoms with Crippen molar-refractivity contribution in [1.29, 1.82) is 0 Å². The summed E-state index contributed by atoms with van der Waals surface area (Å²) < 4.78 is 6.30. The molecule has 0 spiro atoms. The van der Waals surface area contributed by atoms with Crippen molar-refractivity contribution >= 4 is 23.4 Å². The van der Waals surface area contributed by atoms with E-state index in [1.54, 1.807) is 4.90 Å². The van der Waals surface area contributed by atoms with E-state index in [0.29, 0.717) is 12.2 Å². The maximum Gasteiger partial charge on any atom is 0.234 e. The van der Waals surface area contributed by atoms with Crippen LogP contribution in [0.15, 0.2) is 0 Å². The van der Waals surface area contributed by atoms with Gasteiger partial charge in [0, 0.05) is 11.4 Å². The zero-order valence-corrected chi connectivity index (χ0v) is 15.8. The Labute approximate surface area is 155 Å². The molecular weight excluding hydrogens is 338 g/mol. The van der Waals surface area contributed by atoms with Gasteiger partial charge in [0.2, 0.25) is 11.8 Å². The van der Waals surface area contributed by atoms with Crippen molar-refractivity contribution in [2.75, 3.05) is 0 Å². The fourth-order valence-electron chi connectivity index (χ4n) is 5.47. The van der Waals surface area contributed by atoms with Crippen molar-refractivity contribution in [1.82, 2.24) is 4.90 Å². The van der Waals surface area contributed by atoms with Crippen molar-refractivity contribution in [3.63, 3.8) is 0 Å². The Kier molecular flexibility index (Phi) is 5.38. The van der Waals surface area contributed by atoms with Gasteiger partial charge in [-0.15, -0.1) is 11.6 Å². The smallest absolute Gasteiger partial charge is 0.234 e. The number of imide groups is 1. The summed E-state index contributed by atoms with van der Waals surface area (Å²) >= 11 is 6.39. The lowest BCUT2D eigenvalue weighted by Crippen LogP contribution is -2.44. The van der Waals surface area contributed by atoms with Crippen LogP contribution in [0.25, 0.3) is 0 Å². The van der Waals surface area contributed by atoms with Gasteiger partial charge in [-0.2, -0.15) is 0 Å². The van der Waals surface area contributed by atoms with E-state index in [2.05, 4.69) is 0 Å². The Bertz CT molecular complexity index is 511. The van der Waals surface area contributed by atoms with Gasteiger partial charge in [-0.1, -0.05) is 25.7 Å². The number of carbonyl (C=O) groups excluding carboxylic acids is 2. The molecule has 0 aromatic rings. The van der Waals surface area contributed by atoms with E-state index in [4.69, 9.17) is 16.3 Å². The Hall–Kier alpha value is -0.610. The van der Waals surface area contributed by atoms with E-state index < -0.39 is 0 Å². The van der Waals surface area contributed by atoms with Crippen LogP contribution in [0.1, 0.15) is 77.0 Å². The number of carbonyl (C=O) groups is 2. The minimum Gasteiger partial charge on any atom is -0.375 e. The average Bonchev–Trinajstić information content (AvgIpc) is 2.89. The highest BCUT2D eigenvalue weighted by Gasteiger charge is 2.53. The lowest BCUT2D eigenvalue weighted by Gasteiger charge is -2.36. The number of halogens is 1. The van der Waals surface area contributed by atoms with Gasteiger partial charge in [0.15, 0.2) is 0 Å². The molecule has 3 unspecified atom stereocenters. The number of ether oxygens (including phenoxy) is 1. The molecule has 1 saturated heterocycles. The van der Waals surface area contributed by atoms with E-state index >= 15 is 0 Å². The molecule has 0 bridgehead atoms. The first-order valence-electron chi connectivity index (χ1n) is 10.3. The second kappa shape index (κ2) is 7.56. The number of alkyl halides is 1. The third-order valence-corrected chi connectivity index (χ3v) is 7.33. The summed E-state index contributed by atoms with van der Waals surface area (Å²) in [5, 5.41) is -0.161. The van der Waals surface area contributed by atoms with Crippen molar-refractivity contribution in [2.24, 2.45) is 11.8 Å². The third kappa shape index (κ3) is 3.49. The standard InChI is InChI=1S/C20H30ClNO3/c21-17-8-4-7-16-18(17)20(24)22(19(16)23)13-9-11-15(12-10-13)25-14-5-2-1-3-6-14/h13-18H,1-12H2. The van der Waals surface area contributed by atoms with Crippen LogP contribution in [0.3, 0.4) is 0 Å². The van der Waals surface area contributed by atoms with Crippen LogP contribution >= 0.6 is 11.6 Å². The first-order chi connectivity index (χ1) is 12.1. The molecule has 4 rings (SSSR count). The Morgan fingerprint density at radius 3 is 2.12 bits per heavy atom. The van der Waals surface area contributed by atoms with Gasteiger partial charge in [0.1, 0.15) is 0 Å². The Morgan fingerprint density at radius 1 is 0.760 bits per heavy atom. The van der Waals surface area contributed by atoms with E-state index in [-0.39, 0.29) is 35.1 Å². The molecule has 3 saturated carbocycles. The second-order valence-corrected chi connectivity index (χ2v) is 9.01. The normalized spacial score (nSPS) is 40.4. The highest BCUT2D eigenvalue weighted by molar-refractivity contribution is 6.23. The molecule has 2 amide bonds. The van der Waals surface area contributed by atoms with Gasteiger partial charge in [0.05, 0.1) is 24.0 Å². The number of rotatable bonds is 3. The number of fused-ring (bicyclic) bond motifs is 1. The lowest BCUT2D eigenvalue weighted by molar-refractivity contribution is -0.144. The number of amides is 2. The summed E-state index contributed by atoms with van der Waals surface area (Å²) in [4.78, 5) is 27.3. The average molecular weight is 368 g/mol. The van der Waals surface area contributed by atoms with Crippen molar-refractivity contribution in [3.05, 3.63) is 0 Å². The van der Waals surface area contributed by atoms with Gasteiger partial charge in [-0.05, 0) is 51.4 Å². The minimum atomic E-state index is -0.265. The molecule has 4 fully saturated rings. The van der Waals surface area contributed by atoms with E-state index in [0.717, 1.165) is 44.9 Å². The number of hydrogen-bond donors (Lipinski definition) is 0. The Balaban J connectivity index is 1.34. The summed E-state index contributed by atoms with van der Waals surface area (Å²) in [5.74, 6) is -0.359. The fraction of sp³-hybridized carbons (Fsp3) is 0.900. The van der Waals surface area contributed by atoms with Crippen LogP contribution in [-0.4, -0.2) is 40.3 Å². The van der Waals surface area contributed by atoms with Crippen LogP contribution in [-0.2, 0) is 14.3 Å². The zero-order valence-electron chi connectivity index (χ0n) is 15.0. The molecule has 1 heterocycles. The maximum atomic E-state index is 12.8. The summed E-state index contributed by atoms with van der Waals surface area (Å²) in [5.41, 5.74) is 0. The van der Waals surface area contributed by atoms with Crippen molar-refractivity contribution in [3.8, 4) is 0 Å². The molecule has 0 radical (unpaired) electrons. The van der Waals surface area contributed by atoms with Crippen molar-refractivity contribution in [2.45, 2.75) is 101 Å². The van der Waals surface area contributed by atoms with Crippen LogP contribution < -0.4 is 0 Å². The zero-order chi connectivity index (χ0) is 17.4. The van der Waals surface area contributed by atoms with Crippen molar-refractivity contribution < 1.29 is 14.3 Å². The maximum absolute atomic E-state index is 12.8. The minimum absolute atomic E-state index is 0.00588. The Morgan fingerprint density at radius 2 is 1.44 bits per heavy atom. The second-order valence-electron chi connectivity index (χ2n) is 8.45. The third-order valence-electron chi connectivity index (χ3n) is 6.84. The first-order valence-corrected chi connectivity index (χ1v) is 10.7. The van der Waals surface area contributed by atoms with E-state index in [1.807, 2.05) is 0 Å². The number of hydrogen-bond acceptors (Lipinski definition) is 3. The summed E-state index contributed by atoms with van der Waals surface area (Å²) in [6.07, 6.45) is 13.4. The quantitative estimate of drug-likeness (QED) is 0.558. The van der Waals surface area contributed by atoms with Gasteiger partial charge < -0.3 is 4.74 Å². The molecule has 3 atom stereocenters. The van der Waals surface area contributed by atoms with Crippen LogP contribution in [0.5, 0.6) is 0 Å². The summed E-state index contributed by atoms with van der Waals surface area (Å²) in [6.45, 7) is 0. The highest BCUT2D eigenvalue weighted by Crippen LogP contribution is 2.43. The monoisotopic (exact) mass is 367 g/mol. The van der Waals surface area contributed by atoms with Crippen LogP contribution in [0.4, 0.5) is 0 Å².